The van der Waals surface area contributed by atoms with E-state index >= 15 is 0 Å². The number of hydrogen-bond donors (Lipinski definition) is 1. The number of nitrogens with one attached hydrogen (secondary N) is 1. The van der Waals surface area contributed by atoms with E-state index in [0.29, 0.717) is 13.0 Å². The summed E-state index contributed by atoms with van der Waals surface area (Å²) in [6.45, 7) is 1.53. The Morgan fingerprint density at radius 2 is 2.00 bits per heavy atom. The lowest BCUT2D eigenvalue weighted by Crippen LogP contribution is -2.29. The molecule has 18 heavy (non-hydrogen) atoms. The first-order chi connectivity index (χ1) is 8.63. The topological polar surface area (TPSA) is 32.3 Å². The van der Waals surface area contributed by atoms with Crippen LogP contribution in [0, 0.1) is 5.82 Å². The second-order valence-corrected chi connectivity index (χ2v) is 4.40. The third kappa shape index (κ3) is 5.27. The van der Waals surface area contributed by atoms with E-state index in [9.17, 15) is 9.18 Å². The van der Waals surface area contributed by atoms with Crippen LogP contribution in [0.4, 0.5) is 4.39 Å². The molecule has 0 saturated heterocycles. The van der Waals surface area contributed by atoms with Crippen LogP contribution < -0.4 is 5.32 Å². The van der Waals surface area contributed by atoms with Crippen molar-refractivity contribution in [2.45, 2.75) is 19.3 Å². The van der Waals surface area contributed by atoms with E-state index in [0.717, 1.165) is 24.9 Å². The smallest absolute Gasteiger partial charge is 0.222 e. The zero-order chi connectivity index (χ0) is 13.4. The van der Waals surface area contributed by atoms with E-state index in [2.05, 4.69) is 5.32 Å². The van der Waals surface area contributed by atoms with Gasteiger partial charge in [0.1, 0.15) is 5.82 Å². The van der Waals surface area contributed by atoms with E-state index in [1.165, 1.54) is 12.1 Å². The van der Waals surface area contributed by atoms with Crippen LogP contribution in [0.15, 0.2) is 24.3 Å². The van der Waals surface area contributed by atoms with Crippen molar-refractivity contribution in [2.24, 2.45) is 0 Å². The molecule has 0 unspecified atom stereocenters. The Morgan fingerprint density at radius 3 is 2.61 bits per heavy atom. The zero-order valence-electron chi connectivity index (χ0n) is 11.1. The Kier molecular flexibility index (Phi) is 6.36. The summed E-state index contributed by atoms with van der Waals surface area (Å²) in [4.78, 5) is 13.5. The standard InChI is InChI=1S/C14H21FN2O/c1-16-10-3-4-14(18)17(2)11-9-12-5-7-13(15)8-6-12/h5-8,16H,3-4,9-11H2,1-2H3. The first-order valence-electron chi connectivity index (χ1n) is 6.26. The van der Waals surface area contributed by atoms with E-state index in [1.54, 1.807) is 17.0 Å². The van der Waals surface area contributed by atoms with E-state index < -0.39 is 0 Å². The van der Waals surface area contributed by atoms with Crippen LogP contribution in [0.5, 0.6) is 0 Å². The Morgan fingerprint density at radius 1 is 1.33 bits per heavy atom. The summed E-state index contributed by atoms with van der Waals surface area (Å²) in [6.07, 6.45) is 2.19. The second kappa shape index (κ2) is 7.82. The molecule has 0 atom stereocenters. The van der Waals surface area contributed by atoms with E-state index in [-0.39, 0.29) is 11.7 Å². The minimum atomic E-state index is -0.227. The summed E-state index contributed by atoms with van der Waals surface area (Å²) in [5.41, 5.74) is 1.05. The molecular weight excluding hydrogens is 231 g/mol. The van der Waals surface area contributed by atoms with Crippen molar-refractivity contribution < 1.29 is 9.18 Å². The lowest BCUT2D eigenvalue weighted by Gasteiger charge is -2.17. The van der Waals surface area contributed by atoms with Gasteiger partial charge in [0.25, 0.3) is 0 Å². The van der Waals surface area contributed by atoms with Gasteiger partial charge in [0.2, 0.25) is 5.91 Å². The molecule has 0 aliphatic rings. The molecule has 1 aromatic rings. The van der Waals surface area contributed by atoms with Gasteiger partial charge in [-0.3, -0.25) is 4.79 Å². The van der Waals surface area contributed by atoms with Gasteiger partial charge in [0, 0.05) is 20.0 Å². The maximum absolute atomic E-state index is 12.7. The maximum Gasteiger partial charge on any atom is 0.222 e. The minimum absolute atomic E-state index is 0.160. The van der Waals surface area contributed by atoms with Gasteiger partial charge in [0.05, 0.1) is 0 Å². The summed E-state index contributed by atoms with van der Waals surface area (Å²) < 4.78 is 12.7. The van der Waals surface area contributed by atoms with Crippen molar-refractivity contribution in [3.8, 4) is 0 Å². The monoisotopic (exact) mass is 252 g/mol. The predicted molar refractivity (Wildman–Crippen MR) is 70.9 cm³/mol. The molecule has 3 nitrogen and oxygen atoms in total. The lowest BCUT2D eigenvalue weighted by molar-refractivity contribution is -0.129. The van der Waals surface area contributed by atoms with Crippen LogP contribution in [0.25, 0.3) is 0 Å². The summed E-state index contributed by atoms with van der Waals surface area (Å²) >= 11 is 0. The van der Waals surface area contributed by atoms with Crippen LogP contribution in [-0.2, 0) is 11.2 Å². The molecule has 0 aliphatic carbocycles. The SMILES string of the molecule is CNCCCC(=O)N(C)CCc1ccc(F)cc1. The third-order valence-electron chi connectivity index (χ3n) is 2.89. The van der Waals surface area contributed by atoms with Crippen LogP contribution in [0.2, 0.25) is 0 Å². The Bertz CT molecular complexity index is 365. The highest BCUT2D eigenvalue weighted by Crippen LogP contribution is 2.05. The number of carbonyl (C=O) groups is 1. The highest BCUT2D eigenvalue weighted by Gasteiger charge is 2.07. The largest absolute Gasteiger partial charge is 0.345 e. The number of rotatable bonds is 7. The van der Waals surface area contributed by atoms with Crippen molar-refractivity contribution in [1.82, 2.24) is 10.2 Å². The zero-order valence-corrected chi connectivity index (χ0v) is 11.1. The van der Waals surface area contributed by atoms with Crippen LogP contribution in [0.3, 0.4) is 0 Å². The summed E-state index contributed by atoms with van der Waals surface area (Å²) in [6, 6.07) is 6.41. The van der Waals surface area contributed by atoms with Gasteiger partial charge < -0.3 is 10.2 Å². The Labute approximate surface area is 108 Å². The fraction of sp³-hybridized carbons (Fsp3) is 0.500. The van der Waals surface area contributed by atoms with Crippen molar-refractivity contribution in [1.29, 1.82) is 0 Å². The molecule has 1 aromatic carbocycles. The first kappa shape index (κ1) is 14.6. The summed E-state index contributed by atoms with van der Waals surface area (Å²) in [7, 11) is 3.69. The van der Waals surface area contributed by atoms with Crippen molar-refractivity contribution in [3.63, 3.8) is 0 Å². The summed E-state index contributed by atoms with van der Waals surface area (Å²) in [5, 5.41) is 3.02. The maximum atomic E-state index is 12.7. The number of nitrogens with zero attached hydrogens (tertiary/aromatic N) is 1. The average Bonchev–Trinajstić information content (AvgIpc) is 2.38. The molecule has 0 bridgehead atoms. The van der Waals surface area contributed by atoms with Crippen LogP contribution in [-0.4, -0.2) is 38.0 Å². The molecule has 4 heteroatoms. The van der Waals surface area contributed by atoms with Gasteiger partial charge in [-0.05, 0) is 44.1 Å². The number of carbonyl (C=O) groups excluding carboxylic acids is 1. The number of hydrogen-bond acceptors (Lipinski definition) is 2. The van der Waals surface area contributed by atoms with Crippen molar-refractivity contribution in [3.05, 3.63) is 35.6 Å². The number of benzene rings is 1. The molecule has 100 valence electrons. The molecule has 0 aromatic heterocycles. The van der Waals surface area contributed by atoms with E-state index in [4.69, 9.17) is 0 Å². The quantitative estimate of drug-likeness (QED) is 0.751. The molecule has 0 aliphatic heterocycles. The average molecular weight is 252 g/mol. The molecule has 0 fully saturated rings. The first-order valence-corrected chi connectivity index (χ1v) is 6.26. The van der Waals surface area contributed by atoms with Gasteiger partial charge in [0.15, 0.2) is 0 Å². The highest BCUT2D eigenvalue weighted by atomic mass is 19.1. The Hall–Kier alpha value is -1.42. The molecule has 1 amide bonds. The van der Waals surface area contributed by atoms with Crippen molar-refractivity contribution >= 4 is 5.91 Å². The second-order valence-electron chi connectivity index (χ2n) is 4.40. The molecular formula is C14H21FN2O. The van der Waals surface area contributed by atoms with Gasteiger partial charge >= 0.3 is 0 Å². The molecule has 0 heterocycles. The minimum Gasteiger partial charge on any atom is -0.345 e. The van der Waals surface area contributed by atoms with Crippen molar-refractivity contribution in [2.75, 3.05) is 27.2 Å². The van der Waals surface area contributed by atoms with Crippen LogP contribution in [0.1, 0.15) is 18.4 Å². The molecule has 1 rings (SSSR count). The predicted octanol–water partition coefficient (Wildman–Crippen LogP) is 1.83. The number of likely N-dealkylation sites (N-methyl/N-ethyl adjacent to an activating group) is 1. The highest BCUT2D eigenvalue weighted by molar-refractivity contribution is 5.75. The van der Waals surface area contributed by atoms with Crippen LogP contribution >= 0.6 is 0 Å². The van der Waals surface area contributed by atoms with E-state index in [1.807, 2.05) is 14.1 Å². The number of halogens is 1. The third-order valence-corrected chi connectivity index (χ3v) is 2.89. The molecule has 1 N–H and O–H groups in total. The van der Waals surface area contributed by atoms with Gasteiger partial charge in [-0.2, -0.15) is 0 Å². The van der Waals surface area contributed by atoms with Gasteiger partial charge in [-0.1, -0.05) is 12.1 Å². The fourth-order valence-electron chi connectivity index (χ4n) is 1.68. The van der Waals surface area contributed by atoms with Gasteiger partial charge in [-0.25, -0.2) is 4.39 Å². The molecule has 0 spiro atoms. The summed E-state index contributed by atoms with van der Waals surface area (Å²) in [5.74, 6) is -0.0670. The fourth-order valence-corrected chi connectivity index (χ4v) is 1.68. The molecule has 0 radical (unpaired) electrons. The van der Waals surface area contributed by atoms with Gasteiger partial charge in [-0.15, -0.1) is 0 Å². The lowest BCUT2D eigenvalue weighted by atomic mass is 10.1. The molecule has 0 saturated carbocycles. The Balaban J connectivity index is 2.29. The normalized spacial score (nSPS) is 10.4. The number of amides is 1.